The van der Waals surface area contributed by atoms with E-state index in [9.17, 15) is 13.2 Å². The Morgan fingerprint density at radius 2 is 1.74 bits per heavy atom. The van der Waals surface area contributed by atoms with Gasteiger partial charge < -0.3 is 10.1 Å². The molecule has 2 aromatic rings. The molecule has 0 aliphatic rings. The number of amides is 1. The molecule has 7 heteroatoms. The number of anilines is 1. The first-order chi connectivity index (χ1) is 12.7. The highest BCUT2D eigenvalue weighted by atomic mass is 32.2. The summed E-state index contributed by atoms with van der Waals surface area (Å²) in [5, 5.41) is 2.79. The summed E-state index contributed by atoms with van der Waals surface area (Å²) in [5.41, 5.74) is 3.21. The van der Waals surface area contributed by atoms with E-state index in [0.717, 1.165) is 28.7 Å². The quantitative estimate of drug-likeness (QED) is 0.751. The molecule has 6 nitrogen and oxygen atoms in total. The van der Waals surface area contributed by atoms with Crippen molar-refractivity contribution in [2.45, 2.75) is 20.3 Å². The maximum Gasteiger partial charge on any atom is 0.240 e. The molecule has 146 valence electrons. The Kier molecular flexibility index (Phi) is 6.85. The second kappa shape index (κ2) is 8.90. The van der Waals surface area contributed by atoms with Gasteiger partial charge in [0.15, 0.2) is 0 Å². The van der Waals surface area contributed by atoms with Crippen LogP contribution in [0.25, 0.3) is 0 Å². The van der Waals surface area contributed by atoms with E-state index in [1.165, 1.54) is 4.31 Å². The number of carbonyl (C=O) groups is 1. The topological polar surface area (TPSA) is 75.7 Å². The summed E-state index contributed by atoms with van der Waals surface area (Å²) in [6.45, 7) is 3.83. The van der Waals surface area contributed by atoms with Gasteiger partial charge in [0, 0.05) is 6.54 Å². The maximum atomic E-state index is 12.4. The van der Waals surface area contributed by atoms with Gasteiger partial charge in [-0.3, -0.25) is 9.10 Å². The Morgan fingerprint density at radius 3 is 2.33 bits per heavy atom. The molecule has 0 aromatic heterocycles. The number of hydrogen-bond donors (Lipinski definition) is 1. The first-order valence-corrected chi connectivity index (χ1v) is 10.5. The zero-order valence-electron chi connectivity index (χ0n) is 16.2. The molecule has 0 fully saturated rings. The summed E-state index contributed by atoms with van der Waals surface area (Å²) in [5.74, 6) is 0.420. The molecule has 0 heterocycles. The van der Waals surface area contributed by atoms with Crippen molar-refractivity contribution < 1.29 is 17.9 Å². The van der Waals surface area contributed by atoms with Crippen LogP contribution in [0, 0.1) is 13.8 Å². The van der Waals surface area contributed by atoms with Gasteiger partial charge in [0.25, 0.3) is 0 Å². The van der Waals surface area contributed by atoms with Gasteiger partial charge in [-0.25, -0.2) is 8.42 Å². The number of aryl methyl sites for hydroxylation is 2. The Morgan fingerprint density at radius 1 is 1.11 bits per heavy atom. The van der Waals surface area contributed by atoms with E-state index in [-0.39, 0.29) is 12.5 Å². The van der Waals surface area contributed by atoms with E-state index in [4.69, 9.17) is 4.74 Å². The molecule has 0 saturated heterocycles. The van der Waals surface area contributed by atoms with Crippen LogP contribution in [-0.4, -0.2) is 40.8 Å². The molecule has 0 aliphatic carbocycles. The van der Waals surface area contributed by atoms with Gasteiger partial charge in [-0.05, 0) is 49.1 Å². The molecule has 0 aliphatic heterocycles. The number of sulfonamides is 1. The van der Waals surface area contributed by atoms with Crippen LogP contribution in [0.1, 0.15) is 16.7 Å². The fourth-order valence-electron chi connectivity index (χ4n) is 2.92. The van der Waals surface area contributed by atoms with Crippen molar-refractivity contribution in [2.24, 2.45) is 0 Å². The minimum absolute atomic E-state index is 0.247. The van der Waals surface area contributed by atoms with E-state index < -0.39 is 10.0 Å². The van der Waals surface area contributed by atoms with Crippen LogP contribution < -0.4 is 14.4 Å². The van der Waals surface area contributed by atoms with Gasteiger partial charge in [-0.15, -0.1) is 0 Å². The standard InChI is InChI=1S/C20H26N2O4S/c1-15-7-5-8-16(2)20(15)22(27(4,24)25)14-19(23)21-12-11-17-9-6-10-18(13-17)26-3/h5-10,13H,11-12,14H2,1-4H3,(H,21,23). The van der Waals surface area contributed by atoms with Crippen molar-refractivity contribution in [2.75, 3.05) is 30.8 Å². The smallest absolute Gasteiger partial charge is 0.240 e. The second-order valence-corrected chi connectivity index (χ2v) is 8.37. The summed E-state index contributed by atoms with van der Waals surface area (Å²) in [6.07, 6.45) is 1.74. The third kappa shape index (κ3) is 5.72. The summed E-state index contributed by atoms with van der Waals surface area (Å²) < 4.78 is 30.9. The number of methoxy groups -OCH3 is 1. The van der Waals surface area contributed by atoms with E-state index in [1.807, 2.05) is 56.3 Å². The van der Waals surface area contributed by atoms with Gasteiger partial charge in [-0.1, -0.05) is 30.3 Å². The largest absolute Gasteiger partial charge is 0.497 e. The SMILES string of the molecule is COc1cccc(CCNC(=O)CN(c2c(C)cccc2C)S(C)(=O)=O)c1. The fraction of sp³-hybridized carbons (Fsp3) is 0.350. The van der Waals surface area contributed by atoms with Crippen LogP contribution in [-0.2, 0) is 21.2 Å². The van der Waals surface area contributed by atoms with Crippen molar-refractivity contribution >= 4 is 21.6 Å². The van der Waals surface area contributed by atoms with E-state index >= 15 is 0 Å². The van der Waals surface area contributed by atoms with Crippen LogP contribution >= 0.6 is 0 Å². The molecule has 0 atom stereocenters. The Hall–Kier alpha value is -2.54. The van der Waals surface area contributed by atoms with Crippen LogP contribution in [0.15, 0.2) is 42.5 Å². The first-order valence-electron chi connectivity index (χ1n) is 8.66. The normalized spacial score (nSPS) is 11.1. The third-order valence-electron chi connectivity index (χ3n) is 4.25. The molecule has 0 spiro atoms. The highest BCUT2D eigenvalue weighted by molar-refractivity contribution is 7.92. The van der Waals surface area contributed by atoms with Crippen molar-refractivity contribution in [3.05, 3.63) is 59.2 Å². The number of nitrogens with zero attached hydrogens (tertiary/aromatic N) is 1. The maximum absolute atomic E-state index is 12.4. The average molecular weight is 391 g/mol. The Labute approximate surface area is 161 Å². The Bertz CT molecular complexity index is 890. The molecule has 1 amide bonds. The number of carbonyl (C=O) groups excluding carboxylic acids is 1. The third-order valence-corrected chi connectivity index (χ3v) is 5.36. The highest BCUT2D eigenvalue weighted by Gasteiger charge is 2.23. The number of hydrogen-bond acceptors (Lipinski definition) is 4. The lowest BCUT2D eigenvalue weighted by Gasteiger charge is -2.25. The number of rotatable bonds is 8. The van der Waals surface area contributed by atoms with Gasteiger partial charge in [0.1, 0.15) is 12.3 Å². The monoisotopic (exact) mass is 390 g/mol. The van der Waals surface area contributed by atoms with Crippen LogP contribution in [0.3, 0.4) is 0 Å². The number of ether oxygens (including phenoxy) is 1. The Balaban J connectivity index is 2.04. The van der Waals surface area contributed by atoms with Crippen molar-refractivity contribution in [3.63, 3.8) is 0 Å². The zero-order valence-corrected chi connectivity index (χ0v) is 17.0. The fourth-order valence-corrected chi connectivity index (χ4v) is 3.89. The van der Waals surface area contributed by atoms with E-state index in [0.29, 0.717) is 18.7 Å². The number of nitrogens with one attached hydrogen (secondary N) is 1. The minimum atomic E-state index is -3.59. The van der Waals surface area contributed by atoms with Crippen LogP contribution in [0.4, 0.5) is 5.69 Å². The number of benzene rings is 2. The van der Waals surface area contributed by atoms with Gasteiger partial charge in [0.05, 0.1) is 19.1 Å². The highest BCUT2D eigenvalue weighted by Crippen LogP contribution is 2.26. The minimum Gasteiger partial charge on any atom is -0.497 e. The summed E-state index contributed by atoms with van der Waals surface area (Å²) >= 11 is 0. The second-order valence-electron chi connectivity index (χ2n) is 6.46. The van der Waals surface area contributed by atoms with Gasteiger partial charge in [0.2, 0.25) is 15.9 Å². The molecule has 0 bridgehead atoms. The van der Waals surface area contributed by atoms with Gasteiger partial charge in [-0.2, -0.15) is 0 Å². The predicted octanol–water partition coefficient (Wildman–Crippen LogP) is 2.44. The molecule has 2 aromatic carbocycles. The number of para-hydroxylation sites is 1. The van der Waals surface area contributed by atoms with Crippen molar-refractivity contribution in [1.29, 1.82) is 0 Å². The molecular weight excluding hydrogens is 364 g/mol. The molecule has 1 N–H and O–H groups in total. The summed E-state index contributed by atoms with van der Waals surface area (Å²) in [7, 11) is -1.98. The molecule has 27 heavy (non-hydrogen) atoms. The molecular formula is C20H26N2O4S. The van der Waals surface area contributed by atoms with Gasteiger partial charge >= 0.3 is 0 Å². The van der Waals surface area contributed by atoms with Crippen molar-refractivity contribution in [3.8, 4) is 5.75 Å². The predicted molar refractivity (Wildman–Crippen MR) is 108 cm³/mol. The molecule has 0 radical (unpaired) electrons. The lowest BCUT2D eigenvalue weighted by molar-refractivity contribution is -0.119. The van der Waals surface area contributed by atoms with Crippen LogP contribution in [0.5, 0.6) is 5.75 Å². The zero-order chi connectivity index (χ0) is 20.0. The molecule has 0 saturated carbocycles. The molecule has 0 unspecified atom stereocenters. The summed E-state index contributed by atoms with van der Waals surface area (Å²) in [4.78, 5) is 12.4. The van der Waals surface area contributed by atoms with Crippen LogP contribution in [0.2, 0.25) is 0 Å². The van der Waals surface area contributed by atoms with E-state index in [1.54, 1.807) is 7.11 Å². The first kappa shape index (κ1) is 20.8. The lowest BCUT2D eigenvalue weighted by atomic mass is 10.1. The van der Waals surface area contributed by atoms with E-state index in [2.05, 4.69) is 5.32 Å². The molecule has 2 rings (SSSR count). The summed E-state index contributed by atoms with van der Waals surface area (Å²) in [6, 6.07) is 13.1. The average Bonchev–Trinajstić information content (AvgIpc) is 2.60. The lowest BCUT2D eigenvalue weighted by Crippen LogP contribution is -2.41. The van der Waals surface area contributed by atoms with Crippen molar-refractivity contribution in [1.82, 2.24) is 5.32 Å².